The maximum atomic E-state index is 12.7. The molecule has 1 aromatic heterocycles. The third-order valence-electron chi connectivity index (χ3n) is 5.40. The summed E-state index contributed by atoms with van der Waals surface area (Å²) in [5, 5.41) is 7.27. The quantitative estimate of drug-likeness (QED) is 0.612. The summed E-state index contributed by atoms with van der Waals surface area (Å²) in [4.78, 5) is 19.1. The molecule has 1 unspecified atom stereocenters. The van der Waals surface area contributed by atoms with Gasteiger partial charge in [0.2, 0.25) is 5.82 Å². The molecular weight excluding hydrogens is 392 g/mol. The van der Waals surface area contributed by atoms with Crippen LogP contribution >= 0.6 is 0 Å². The second-order valence-electron chi connectivity index (χ2n) is 7.42. The molecule has 160 valence electrons. The maximum Gasteiger partial charge on any atom is 0.322 e. The number of benzene rings is 2. The molecule has 2 aromatic carbocycles. The lowest BCUT2D eigenvalue weighted by Crippen LogP contribution is -2.45. The molecule has 1 N–H and O–H groups in total. The predicted molar refractivity (Wildman–Crippen MR) is 118 cm³/mol. The minimum absolute atomic E-state index is 0.152. The van der Waals surface area contributed by atoms with Gasteiger partial charge in [0, 0.05) is 17.8 Å². The normalized spacial score (nSPS) is 16.5. The highest BCUT2D eigenvalue weighted by Gasteiger charge is 2.35. The number of carbonyl (C=O) groups is 1. The lowest BCUT2D eigenvalue weighted by molar-refractivity contribution is 0.207. The topological polar surface area (TPSA) is 80.5 Å². The van der Waals surface area contributed by atoms with Gasteiger partial charge in [-0.25, -0.2) is 4.79 Å². The number of carbonyl (C=O) groups excluding carboxylic acids is 1. The average molecular weight is 418 g/mol. The molecular formula is C24H26N4O3. The Morgan fingerprint density at radius 2 is 1.77 bits per heavy atom. The first-order valence-corrected chi connectivity index (χ1v) is 10.4. The number of rotatable bonds is 6. The van der Waals surface area contributed by atoms with Crippen molar-refractivity contribution in [2.75, 3.05) is 13.2 Å². The summed E-state index contributed by atoms with van der Waals surface area (Å²) in [7, 11) is 0. The van der Waals surface area contributed by atoms with E-state index in [0.717, 1.165) is 33.7 Å². The summed E-state index contributed by atoms with van der Waals surface area (Å²) < 4.78 is 11.2. The Morgan fingerprint density at radius 3 is 2.42 bits per heavy atom. The number of urea groups is 1. The van der Waals surface area contributed by atoms with Crippen molar-refractivity contribution in [3.8, 4) is 17.1 Å². The number of hydrogen-bond acceptors (Lipinski definition) is 5. The monoisotopic (exact) mass is 418 g/mol. The molecule has 0 saturated carbocycles. The van der Waals surface area contributed by atoms with Crippen molar-refractivity contribution in [3.63, 3.8) is 0 Å². The number of amides is 2. The lowest BCUT2D eigenvalue weighted by Gasteiger charge is -2.34. The number of ether oxygens (including phenoxy) is 1. The van der Waals surface area contributed by atoms with Gasteiger partial charge < -0.3 is 14.6 Å². The van der Waals surface area contributed by atoms with Gasteiger partial charge in [0.15, 0.2) is 0 Å². The molecule has 0 aliphatic carbocycles. The van der Waals surface area contributed by atoms with E-state index in [1.54, 1.807) is 4.90 Å². The SMILES string of the molecule is CCOc1ccc(C2NC(=O)N(CC)C(C)=C2c2nc(-c3ccc(C)cc3)no2)cc1. The molecule has 0 fully saturated rings. The maximum absolute atomic E-state index is 12.7. The van der Waals surface area contributed by atoms with Crippen molar-refractivity contribution in [3.05, 3.63) is 71.2 Å². The summed E-state index contributed by atoms with van der Waals surface area (Å²) in [6, 6.07) is 15.1. The van der Waals surface area contributed by atoms with Gasteiger partial charge in [-0.15, -0.1) is 0 Å². The fourth-order valence-electron chi connectivity index (χ4n) is 3.77. The van der Waals surface area contributed by atoms with E-state index in [1.807, 2.05) is 76.2 Å². The highest BCUT2D eigenvalue weighted by Crippen LogP contribution is 2.37. The third kappa shape index (κ3) is 4.03. The zero-order chi connectivity index (χ0) is 22.0. The smallest absolute Gasteiger partial charge is 0.322 e. The molecule has 0 bridgehead atoms. The Bertz CT molecular complexity index is 1100. The van der Waals surface area contributed by atoms with E-state index < -0.39 is 6.04 Å². The Kier molecular flexibility index (Phi) is 5.75. The highest BCUT2D eigenvalue weighted by molar-refractivity contribution is 5.86. The fourth-order valence-corrected chi connectivity index (χ4v) is 3.77. The van der Waals surface area contributed by atoms with E-state index in [4.69, 9.17) is 9.26 Å². The van der Waals surface area contributed by atoms with E-state index in [2.05, 4.69) is 15.5 Å². The van der Waals surface area contributed by atoms with Crippen LogP contribution in [0, 0.1) is 6.92 Å². The van der Waals surface area contributed by atoms with Gasteiger partial charge >= 0.3 is 6.03 Å². The Labute approximate surface area is 181 Å². The van der Waals surface area contributed by atoms with Crippen LogP contribution in [0.4, 0.5) is 4.79 Å². The molecule has 2 amide bonds. The first-order valence-electron chi connectivity index (χ1n) is 10.4. The van der Waals surface area contributed by atoms with Gasteiger partial charge in [-0.3, -0.25) is 4.90 Å². The number of nitrogens with one attached hydrogen (secondary N) is 1. The fraction of sp³-hybridized carbons (Fsp3) is 0.292. The van der Waals surface area contributed by atoms with Crippen LogP contribution in [0.1, 0.15) is 43.8 Å². The standard InChI is InChI=1S/C24H26N4O3/c1-5-28-16(4)20(23-26-22(27-31-23)18-9-7-15(3)8-10-18)21(25-24(28)29)17-11-13-19(14-12-17)30-6-2/h7-14,21H,5-6H2,1-4H3,(H,25,29). The van der Waals surface area contributed by atoms with E-state index in [0.29, 0.717) is 24.9 Å². The van der Waals surface area contributed by atoms with E-state index >= 15 is 0 Å². The molecule has 0 spiro atoms. The molecule has 0 saturated heterocycles. The molecule has 1 atom stereocenters. The molecule has 4 rings (SSSR count). The van der Waals surface area contributed by atoms with Crippen LogP contribution in [0.2, 0.25) is 0 Å². The number of aromatic nitrogens is 2. The zero-order valence-corrected chi connectivity index (χ0v) is 18.2. The molecule has 2 heterocycles. The van der Waals surface area contributed by atoms with Crippen LogP contribution in [0.5, 0.6) is 5.75 Å². The van der Waals surface area contributed by atoms with E-state index in [-0.39, 0.29) is 6.03 Å². The number of hydrogen-bond donors (Lipinski definition) is 1. The molecule has 0 radical (unpaired) electrons. The Morgan fingerprint density at radius 1 is 1.06 bits per heavy atom. The number of nitrogens with zero attached hydrogens (tertiary/aromatic N) is 3. The van der Waals surface area contributed by atoms with Crippen molar-refractivity contribution < 1.29 is 14.1 Å². The molecule has 31 heavy (non-hydrogen) atoms. The van der Waals surface area contributed by atoms with E-state index in [9.17, 15) is 4.79 Å². The summed E-state index contributed by atoms with van der Waals surface area (Å²) in [6.45, 7) is 8.96. The average Bonchev–Trinajstić information content (AvgIpc) is 3.24. The van der Waals surface area contributed by atoms with Crippen molar-refractivity contribution in [1.29, 1.82) is 0 Å². The van der Waals surface area contributed by atoms with Crippen molar-refractivity contribution >= 4 is 11.6 Å². The van der Waals surface area contributed by atoms with Crippen LogP contribution in [-0.2, 0) is 0 Å². The van der Waals surface area contributed by atoms with Gasteiger partial charge in [0.05, 0.1) is 18.2 Å². The van der Waals surface area contributed by atoms with E-state index in [1.165, 1.54) is 0 Å². The number of aryl methyl sites for hydroxylation is 1. The molecule has 3 aromatic rings. The van der Waals surface area contributed by atoms with Crippen LogP contribution in [0.3, 0.4) is 0 Å². The minimum Gasteiger partial charge on any atom is -0.494 e. The lowest BCUT2D eigenvalue weighted by atomic mass is 9.94. The van der Waals surface area contributed by atoms with Crippen LogP contribution < -0.4 is 10.1 Å². The van der Waals surface area contributed by atoms with Crippen molar-refractivity contribution in [2.45, 2.75) is 33.7 Å². The highest BCUT2D eigenvalue weighted by atomic mass is 16.5. The second kappa shape index (κ2) is 8.63. The summed E-state index contributed by atoms with van der Waals surface area (Å²) >= 11 is 0. The summed E-state index contributed by atoms with van der Waals surface area (Å²) in [5.41, 5.74) is 4.54. The van der Waals surface area contributed by atoms with Crippen LogP contribution in [-0.4, -0.2) is 34.2 Å². The van der Waals surface area contributed by atoms with Gasteiger partial charge in [-0.05, 0) is 45.4 Å². The molecule has 7 heteroatoms. The third-order valence-corrected chi connectivity index (χ3v) is 5.40. The van der Waals surface area contributed by atoms with Crippen molar-refractivity contribution in [2.24, 2.45) is 0 Å². The van der Waals surface area contributed by atoms with Crippen LogP contribution in [0.25, 0.3) is 17.0 Å². The van der Waals surface area contributed by atoms with Crippen LogP contribution in [0.15, 0.2) is 58.8 Å². The van der Waals surface area contributed by atoms with Gasteiger partial charge in [-0.2, -0.15) is 4.98 Å². The van der Waals surface area contributed by atoms with Gasteiger partial charge in [0.1, 0.15) is 5.75 Å². The largest absolute Gasteiger partial charge is 0.494 e. The molecule has 1 aliphatic heterocycles. The first kappa shape index (κ1) is 20.7. The summed E-state index contributed by atoms with van der Waals surface area (Å²) in [6.07, 6.45) is 0. The summed E-state index contributed by atoms with van der Waals surface area (Å²) in [5.74, 6) is 1.69. The molecule has 1 aliphatic rings. The first-order chi connectivity index (χ1) is 15.0. The predicted octanol–water partition coefficient (Wildman–Crippen LogP) is 4.96. The zero-order valence-electron chi connectivity index (χ0n) is 18.2. The number of allylic oxidation sites excluding steroid dienone is 1. The Hall–Kier alpha value is -3.61. The van der Waals surface area contributed by atoms with Gasteiger partial charge in [-0.1, -0.05) is 47.1 Å². The van der Waals surface area contributed by atoms with Crippen molar-refractivity contribution in [1.82, 2.24) is 20.4 Å². The Balaban J connectivity index is 1.76. The van der Waals surface area contributed by atoms with Gasteiger partial charge in [0.25, 0.3) is 5.89 Å². The molecule has 7 nitrogen and oxygen atoms in total. The minimum atomic E-state index is -0.405. The second-order valence-corrected chi connectivity index (χ2v) is 7.42.